The molecule has 0 heterocycles. The highest BCUT2D eigenvalue weighted by atomic mass is 16.9. The number of rotatable bonds is 9. The first-order valence-corrected chi connectivity index (χ1v) is 4.87. The molecule has 0 aromatic heterocycles. The molecule has 1 atom stereocenters. The maximum Gasteiger partial charge on any atom is 0.328 e. The lowest BCUT2D eigenvalue weighted by Crippen LogP contribution is -2.43. The van der Waals surface area contributed by atoms with Gasteiger partial charge >= 0.3 is 5.97 Å². The van der Waals surface area contributed by atoms with Crippen molar-refractivity contribution >= 4 is 11.9 Å². The van der Waals surface area contributed by atoms with Crippen molar-refractivity contribution in [3.63, 3.8) is 0 Å². The number of carbonyl (C=O) groups is 2. The molecule has 9 heteroatoms. The van der Waals surface area contributed by atoms with E-state index < -0.39 is 29.6 Å². The number of nitrogens with one attached hydrogen (secondary N) is 1. The summed E-state index contributed by atoms with van der Waals surface area (Å²) >= 11 is 0. The number of nitrogens with zero attached hydrogens (tertiary/aromatic N) is 1. The molecular weight excluding hydrogens is 236 g/mol. The third kappa shape index (κ3) is 7.96. The first-order chi connectivity index (χ1) is 7.97. The molecule has 1 unspecified atom stereocenters. The van der Waals surface area contributed by atoms with Crippen molar-refractivity contribution in [3.05, 3.63) is 10.1 Å². The molecule has 0 aliphatic rings. The van der Waals surface area contributed by atoms with E-state index in [1.54, 1.807) is 0 Å². The molecule has 0 bridgehead atoms. The van der Waals surface area contributed by atoms with E-state index in [-0.39, 0.29) is 13.0 Å². The Balaban J connectivity index is 3.65. The van der Waals surface area contributed by atoms with Crippen LogP contribution in [0.5, 0.6) is 0 Å². The van der Waals surface area contributed by atoms with Gasteiger partial charge in [0.05, 0.1) is 13.2 Å². The summed E-state index contributed by atoms with van der Waals surface area (Å²) in [4.78, 5) is 35.4. The highest BCUT2D eigenvalue weighted by Gasteiger charge is 2.17. The molecule has 0 aromatic rings. The Morgan fingerprint density at radius 1 is 1.41 bits per heavy atom. The number of carboxylic acid groups (broad SMARTS) is 1. The smallest absolute Gasteiger partial charge is 0.328 e. The van der Waals surface area contributed by atoms with Crippen molar-refractivity contribution in [2.75, 3.05) is 13.2 Å². The summed E-state index contributed by atoms with van der Waals surface area (Å²) in [6, 6.07) is -1.32. The normalized spacial score (nSPS) is 11.6. The van der Waals surface area contributed by atoms with E-state index in [9.17, 15) is 19.7 Å². The molecule has 98 valence electrons. The molecule has 0 saturated carbocycles. The third-order valence-corrected chi connectivity index (χ3v) is 1.81. The Morgan fingerprint density at radius 3 is 2.53 bits per heavy atom. The Hall–Kier alpha value is -1.90. The second kappa shape index (κ2) is 8.28. The fourth-order valence-electron chi connectivity index (χ4n) is 0.979. The predicted molar refractivity (Wildman–Crippen MR) is 53.4 cm³/mol. The van der Waals surface area contributed by atoms with Crippen LogP contribution in [-0.2, 0) is 14.4 Å². The molecule has 17 heavy (non-hydrogen) atoms. The zero-order chi connectivity index (χ0) is 13.3. The average Bonchev–Trinajstić information content (AvgIpc) is 2.24. The Bertz CT molecular complexity index is 281. The topological polar surface area (TPSA) is 139 Å². The molecule has 9 nitrogen and oxygen atoms in total. The van der Waals surface area contributed by atoms with E-state index in [0.29, 0.717) is 12.8 Å². The van der Waals surface area contributed by atoms with Crippen molar-refractivity contribution in [1.29, 1.82) is 0 Å². The molecule has 0 aromatic carbocycles. The van der Waals surface area contributed by atoms with E-state index >= 15 is 0 Å². The number of hydrogen-bond acceptors (Lipinski definition) is 6. The van der Waals surface area contributed by atoms with Crippen molar-refractivity contribution < 1.29 is 29.7 Å². The van der Waals surface area contributed by atoms with Gasteiger partial charge in [0.1, 0.15) is 6.04 Å². The lowest BCUT2D eigenvalue weighted by atomic mass is 10.2. The summed E-state index contributed by atoms with van der Waals surface area (Å²) < 4.78 is 0. The van der Waals surface area contributed by atoms with Crippen LogP contribution in [0.1, 0.15) is 19.3 Å². The predicted octanol–water partition coefficient (Wildman–Crippen LogP) is -1.07. The summed E-state index contributed by atoms with van der Waals surface area (Å²) in [7, 11) is 0. The van der Waals surface area contributed by atoms with Crippen LogP contribution in [-0.4, -0.2) is 46.4 Å². The Labute approximate surface area is 96.5 Å². The maximum absolute atomic E-state index is 11.2. The summed E-state index contributed by atoms with van der Waals surface area (Å²) in [5, 5.41) is 28.1. The second-order valence-electron chi connectivity index (χ2n) is 3.15. The summed E-state index contributed by atoms with van der Waals surface area (Å²) in [6.07, 6.45) is 0.660. The van der Waals surface area contributed by atoms with Gasteiger partial charge in [0.2, 0.25) is 5.91 Å². The van der Waals surface area contributed by atoms with Crippen LogP contribution in [0, 0.1) is 10.1 Å². The van der Waals surface area contributed by atoms with Gasteiger partial charge in [-0.25, -0.2) is 4.79 Å². The molecule has 0 aliphatic heterocycles. The lowest BCUT2D eigenvalue weighted by molar-refractivity contribution is -0.757. The number of amides is 1. The van der Waals surface area contributed by atoms with Gasteiger partial charge in [-0.1, -0.05) is 0 Å². The van der Waals surface area contributed by atoms with Crippen LogP contribution in [0.15, 0.2) is 0 Å². The first kappa shape index (κ1) is 15.1. The fourth-order valence-corrected chi connectivity index (χ4v) is 0.979. The minimum Gasteiger partial charge on any atom is -0.480 e. The van der Waals surface area contributed by atoms with Crippen LogP contribution >= 0.6 is 0 Å². The van der Waals surface area contributed by atoms with Gasteiger partial charge in [-0.15, -0.1) is 10.1 Å². The molecule has 0 saturated heterocycles. The van der Waals surface area contributed by atoms with E-state index in [1.165, 1.54) is 0 Å². The number of unbranched alkanes of at least 4 members (excludes halogenated alkanes) is 1. The standard InChI is InChI=1S/C8H14N2O7/c11-5-6(8(13)14)9-7(12)3-1-2-4-17-10(15)16/h6,11H,1-5H2,(H,9,12)(H,13,14). The quantitative estimate of drug-likeness (QED) is 0.269. The molecule has 3 N–H and O–H groups in total. The molecule has 0 spiro atoms. The van der Waals surface area contributed by atoms with Crippen LogP contribution < -0.4 is 5.32 Å². The zero-order valence-electron chi connectivity index (χ0n) is 9.00. The summed E-state index contributed by atoms with van der Waals surface area (Å²) in [5.74, 6) is -1.86. The van der Waals surface area contributed by atoms with Crippen LogP contribution in [0.3, 0.4) is 0 Å². The molecular formula is C8H14N2O7. The largest absolute Gasteiger partial charge is 0.480 e. The highest BCUT2D eigenvalue weighted by Crippen LogP contribution is 1.97. The number of carboxylic acids is 1. The minimum atomic E-state index is -1.32. The number of aliphatic carboxylic acids is 1. The Morgan fingerprint density at radius 2 is 2.06 bits per heavy atom. The van der Waals surface area contributed by atoms with E-state index in [2.05, 4.69) is 10.2 Å². The molecule has 0 rings (SSSR count). The zero-order valence-corrected chi connectivity index (χ0v) is 9.00. The molecule has 0 fully saturated rings. The van der Waals surface area contributed by atoms with Gasteiger partial charge in [0.15, 0.2) is 0 Å². The van der Waals surface area contributed by atoms with E-state index in [0.717, 1.165) is 0 Å². The van der Waals surface area contributed by atoms with Crippen molar-refractivity contribution in [2.45, 2.75) is 25.3 Å². The summed E-state index contributed by atoms with van der Waals surface area (Å²) in [6.45, 7) is -0.797. The van der Waals surface area contributed by atoms with Crippen molar-refractivity contribution in [2.24, 2.45) is 0 Å². The summed E-state index contributed by atoms with van der Waals surface area (Å²) in [5.41, 5.74) is 0. The number of aliphatic hydroxyl groups excluding tert-OH is 1. The van der Waals surface area contributed by atoms with Gasteiger partial charge in [0, 0.05) is 6.42 Å². The van der Waals surface area contributed by atoms with Crippen LogP contribution in [0.4, 0.5) is 0 Å². The third-order valence-electron chi connectivity index (χ3n) is 1.81. The number of carbonyl (C=O) groups excluding carboxylic acids is 1. The highest BCUT2D eigenvalue weighted by molar-refractivity contribution is 5.83. The van der Waals surface area contributed by atoms with Gasteiger partial charge < -0.3 is 20.4 Å². The average molecular weight is 250 g/mol. The lowest BCUT2D eigenvalue weighted by Gasteiger charge is -2.11. The van der Waals surface area contributed by atoms with Gasteiger partial charge in [-0.05, 0) is 12.8 Å². The SMILES string of the molecule is O=C(CCCCO[N+](=O)[O-])NC(CO)C(=O)O. The monoisotopic (exact) mass is 250 g/mol. The van der Waals surface area contributed by atoms with Gasteiger partial charge in [0.25, 0.3) is 5.09 Å². The van der Waals surface area contributed by atoms with E-state index in [1.807, 2.05) is 0 Å². The van der Waals surface area contributed by atoms with Crippen molar-refractivity contribution in [1.82, 2.24) is 5.32 Å². The van der Waals surface area contributed by atoms with Crippen LogP contribution in [0.25, 0.3) is 0 Å². The maximum atomic E-state index is 11.2. The first-order valence-electron chi connectivity index (χ1n) is 4.87. The number of hydrogen-bond donors (Lipinski definition) is 3. The van der Waals surface area contributed by atoms with Gasteiger partial charge in [-0.3, -0.25) is 4.79 Å². The van der Waals surface area contributed by atoms with Crippen LogP contribution in [0.2, 0.25) is 0 Å². The minimum absolute atomic E-state index is 0.0187. The molecule has 0 radical (unpaired) electrons. The van der Waals surface area contributed by atoms with Crippen molar-refractivity contribution in [3.8, 4) is 0 Å². The molecule has 1 amide bonds. The van der Waals surface area contributed by atoms with E-state index in [4.69, 9.17) is 10.2 Å². The number of aliphatic hydroxyl groups is 1. The van der Waals surface area contributed by atoms with Gasteiger partial charge in [-0.2, -0.15) is 0 Å². The molecule has 0 aliphatic carbocycles. The second-order valence-corrected chi connectivity index (χ2v) is 3.15. The fraction of sp³-hybridized carbons (Fsp3) is 0.750. The Kier molecular flexibility index (Phi) is 7.35.